The van der Waals surface area contributed by atoms with Crippen molar-refractivity contribution in [1.29, 1.82) is 0 Å². The van der Waals surface area contributed by atoms with Crippen LogP contribution in [0.1, 0.15) is 0 Å². The first-order valence-electron chi connectivity index (χ1n) is 15.3. The van der Waals surface area contributed by atoms with Crippen LogP contribution >= 0.6 is 0 Å². The molecule has 9 rings (SSSR count). The summed E-state index contributed by atoms with van der Waals surface area (Å²) in [6, 6.07) is 62.2. The van der Waals surface area contributed by atoms with Crippen LogP contribution in [0, 0.1) is 0 Å². The van der Waals surface area contributed by atoms with Crippen LogP contribution in [0.5, 0.6) is 0 Å². The van der Waals surface area contributed by atoms with E-state index < -0.39 is 0 Å². The van der Waals surface area contributed by atoms with Gasteiger partial charge in [-0.15, -0.1) is 0 Å². The third-order valence-corrected chi connectivity index (χ3v) is 9.20. The van der Waals surface area contributed by atoms with Crippen molar-refractivity contribution in [2.75, 3.05) is 0 Å². The lowest BCUT2D eigenvalue weighted by Crippen LogP contribution is -1.88. The quantitative estimate of drug-likeness (QED) is 0.202. The molecule has 0 N–H and O–H groups in total. The minimum absolute atomic E-state index is 1.23. The van der Waals surface area contributed by atoms with Crippen molar-refractivity contribution in [3.63, 3.8) is 0 Å². The van der Waals surface area contributed by atoms with Crippen molar-refractivity contribution in [1.82, 2.24) is 0 Å². The molecule has 1 aliphatic rings. The Hall–Kier alpha value is -5.72. The minimum atomic E-state index is 1.23. The van der Waals surface area contributed by atoms with E-state index in [-0.39, 0.29) is 0 Å². The second kappa shape index (κ2) is 9.93. The van der Waals surface area contributed by atoms with Gasteiger partial charge in [-0.2, -0.15) is 0 Å². The molecule has 0 bridgehead atoms. The molecule has 0 heterocycles. The van der Waals surface area contributed by atoms with E-state index >= 15 is 0 Å². The van der Waals surface area contributed by atoms with Gasteiger partial charge in [0.25, 0.3) is 0 Å². The first-order valence-corrected chi connectivity index (χ1v) is 15.3. The van der Waals surface area contributed by atoms with Crippen LogP contribution in [0.15, 0.2) is 170 Å². The van der Waals surface area contributed by atoms with Crippen molar-refractivity contribution in [3.05, 3.63) is 170 Å². The second-order valence-electron chi connectivity index (χ2n) is 11.7. The van der Waals surface area contributed by atoms with Gasteiger partial charge in [0, 0.05) is 0 Å². The summed E-state index contributed by atoms with van der Waals surface area (Å²) in [5.41, 5.74) is 15.2. The predicted molar refractivity (Wildman–Crippen MR) is 188 cm³/mol. The zero-order chi connectivity index (χ0) is 29.0. The lowest BCUT2D eigenvalue weighted by molar-refractivity contribution is 1.58. The number of benzene rings is 8. The molecule has 0 aliphatic heterocycles. The maximum Gasteiger partial charge on any atom is -0.00201 e. The molecule has 44 heavy (non-hydrogen) atoms. The van der Waals surface area contributed by atoms with Crippen LogP contribution in [0.25, 0.3) is 88.3 Å². The van der Waals surface area contributed by atoms with Gasteiger partial charge in [0.1, 0.15) is 0 Å². The summed E-state index contributed by atoms with van der Waals surface area (Å²) in [6.07, 6.45) is 0. The largest absolute Gasteiger partial charge is 0.0622 e. The van der Waals surface area contributed by atoms with E-state index in [0.29, 0.717) is 0 Å². The standard InChI is InChI=1S/C44H28/c1-3-11-29(12-4-1)33-25-34(30-13-5-2-6-14-30)27-35(26-33)38-23-24-42-39-22-21-32(28-43(39)41-20-10-19-40(38)44(41)42)37-18-9-16-31-15-7-8-17-36(31)37/h1-28H. The highest BCUT2D eigenvalue weighted by Crippen LogP contribution is 2.51. The zero-order valence-corrected chi connectivity index (χ0v) is 24.2. The molecule has 0 heteroatoms. The molecule has 0 unspecified atom stereocenters. The van der Waals surface area contributed by atoms with Crippen LogP contribution in [0.3, 0.4) is 0 Å². The van der Waals surface area contributed by atoms with E-state index in [0.717, 1.165) is 0 Å². The molecule has 0 atom stereocenters. The molecule has 0 fully saturated rings. The number of hydrogen-bond donors (Lipinski definition) is 0. The van der Waals surface area contributed by atoms with Crippen molar-refractivity contribution in [2.45, 2.75) is 0 Å². The van der Waals surface area contributed by atoms with Crippen LogP contribution in [-0.2, 0) is 0 Å². The fraction of sp³-hybridized carbons (Fsp3) is 0. The summed E-state index contributed by atoms with van der Waals surface area (Å²) in [5, 5.41) is 5.21. The van der Waals surface area contributed by atoms with E-state index in [9.17, 15) is 0 Å². The van der Waals surface area contributed by atoms with Gasteiger partial charge < -0.3 is 0 Å². The van der Waals surface area contributed by atoms with Crippen LogP contribution in [0.4, 0.5) is 0 Å². The van der Waals surface area contributed by atoms with Gasteiger partial charge in [0.15, 0.2) is 0 Å². The molecule has 0 saturated carbocycles. The Morgan fingerprint density at radius 2 is 0.750 bits per heavy atom. The molecule has 0 saturated heterocycles. The molecule has 8 aromatic carbocycles. The maximum atomic E-state index is 2.40. The van der Waals surface area contributed by atoms with E-state index in [1.165, 1.54) is 88.3 Å². The first kappa shape index (κ1) is 24.8. The summed E-state index contributed by atoms with van der Waals surface area (Å²) in [4.78, 5) is 0. The summed E-state index contributed by atoms with van der Waals surface area (Å²) < 4.78 is 0. The predicted octanol–water partition coefficient (Wildman–Crippen LogP) is 12.3. The van der Waals surface area contributed by atoms with Gasteiger partial charge in [-0.25, -0.2) is 0 Å². The molecule has 1 aliphatic carbocycles. The highest BCUT2D eigenvalue weighted by atomic mass is 14.3. The topological polar surface area (TPSA) is 0 Å². The molecule has 0 spiro atoms. The Balaban J connectivity index is 1.23. The zero-order valence-electron chi connectivity index (χ0n) is 24.2. The minimum Gasteiger partial charge on any atom is -0.0622 e. The number of fused-ring (bicyclic) bond motifs is 4. The van der Waals surface area contributed by atoms with Gasteiger partial charge in [0.05, 0.1) is 0 Å². The van der Waals surface area contributed by atoms with Crippen LogP contribution < -0.4 is 0 Å². The average Bonchev–Trinajstić information content (AvgIpc) is 3.43. The van der Waals surface area contributed by atoms with E-state index in [2.05, 4.69) is 170 Å². The first-order chi connectivity index (χ1) is 21.8. The number of rotatable bonds is 4. The molecular formula is C44H28. The van der Waals surface area contributed by atoms with Gasteiger partial charge >= 0.3 is 0 Å². The summed E-state index contributed by atoms with van der Waals surface area (Å²) in [5.74, 6) is 0. The monoisotopic (exact) mass is 556 g/mol. The Labute approximate surface area is 257 Å². The lowest BCUT2D eigenvalue weighted by atomic mass is 9.90. The average molecular weight is 557 g/mol. The second-order valence-corrected chi connectivity index (χ2v) is 11.7. The third-order valence-electron chi connectivity index (χ3n) is 9.20. The van der Waals surface area contributed by atoms with E-state index in [4.69, 9.17) is 0 Å². The summed E-state index contributed by atoms with van der Waals surface area (Å²) in [7, 11) is 0. The van der Waals surface area contributed by atoms with Gasteiger partial charge in [-0.3, -0.25) is 0 Å². The molecule has 0 amide bonds. The normalized spacial score (nSPS) is 11.6. The highest BCUT2D eigenvalue weighted by molar-refractivity contribution is 6.19. The summed E-state index contributed by atoms with van der Waals surface area (Å²) >= 11 is 0. The SMILES string of the molecule is c1ccc(-c2cc(-c3ccccc3)cc(-c3ccc4c5c(cccc35)-c3cc(-c5cccc6ccccc56)ccc3-4)c2)cc1. The van der Waals surface area contributed by atoms with Crippen molar-refractivity contribution in [2.24, 2.45) is 0 Å². The Bertz CT molecular complexity index is 2300. The van der Waals surface area contributed by atoms with Crippen molar-refractivity contribution >= 4 is 21.5 Å². The maximum absolute atomic E-state index is 2.40. The van der Waals surface area contributed by atoms with Crippen LogP contribution in [0.2, 0.25) is 0 Å². The Morgan fingerprint density at radius 1 is 0.227 bits per heavy atom. The fourth-order valence-corrected chi connectivity index (χ4v) is 7.13. The van der Waals surface area contributed by atoms with Gasteiger partial charge in [0.2, 0.25) is 0 Å². The van der Waals surface area contributed by atoms with E-state index in [1.807, 2.05) is 0 Å². The lowest BCUT2D eigenvalue weighted by Gasteiger charge is -2.14. The smallest absolute Gasteiger partial charge is 0.00201 e. The van der Waals surface area contributed by atoms with Crippen LogP contribution in [-0.4, -0.2) is 0 Å². The molecule has 8 aromatic rings. The van der Waals surface area contributed by atoms with Crippen molar-refractivity contribution < 1.29 is 0 Å². The third kappa shape index (κ3) is 3.92. The Kier molecular flexibility index (Phi) is 5.61. The fourth-order valence-electron chi connectivity index (χ4n) is 7.13. The molecule has 0 aromatic heterocycles. The highest BCUT2D eigenvalue weighted by Gasteiger charge is 2.24. The molecule has 0 nitrogen and oxygen atoms in total. The Morgan fingerprint density at radius 3 is 1.52 bits per heavy atom. The number of hydrogen-bond acceptors (Lipinski definition) is 0. The molecular weight excluding hydrogens is 528 g/mol. The van der Waals surface area contributed by atoms with Gasteiger partial charge in [-0.1, -0.05) is 146 Å². The van der Waals surface area contributed by atoms with E-state index in [1.54, 1.807) is 0 Å². The molecule has 0 radical (unpaired) electrons. The molecule has 204 valence electrons. The summed E-state index contributed by atoms with van der Waals surface area (Å²) in [6.45, 7) is 0. The van der Waals surface area contributed by atoms with Gasteiger partial charge in [-0.05, 0) is 113 Å². The van der Waals surface area contributed by atoms with Crippen molar-refractivity contribution in [3.8, 4) is 66.8 Å².